The van der Waals surface area contributed by atoms with Crippen molar-refractivity contribution < 1.29 is 9.53 Å². The number of hydrogen-bond acceptors (Lipinski definition) is 3. The molecule has 0 atom stereocenters. The molecule has 0 aliphatic rings. The summed E-state index contributed by atoms with van der Waals surface area (Å²) in [5, 5.41) is 0. The fourth-order valence-electron chi connectivity index (χ4n) is 1.96. The van der Waals surface area contributed by atoms with Crippen LogP contribution in [-0.4, -0.2) is 17.6 Å². The number of hydrogen-bond donors (Lipinski definition) is 0. The van der Waals surface area contributed by atoms with Crippen molar-refractivity contribution in [1.29, 1.82) is 0 Å². The standard InChI is InChI=1S/C15H15NO3/c1-11-6-5-9-14(17)16(11)10-12-7-3-4-8-13(12)15(18)19-2/h3-9H,10H2,1-2H3. The molecule has 0 amide bonds. The average molecular weight is 257 g/mol. The fraction of sp³-hybridized carbons (Fsp3) is 0.200. The number of nitrogens with zero attached hydrogens (tertiary/aromatic N) is 1. The molecule has 0 aliphatic heterocycles. The van der Waals surface area contributed by atoms with Gasteiger partial charge in [0.15, 0.2) is 0 Å². The molecule has 0 N–H and O–H groups in total. The van der Waals surface area contributed by atoms with Gasteiger partial charge in [0.1, 0.15) is 0 Å². The molecule has 19 heavy (non-hydrogen) atoms. The Labute approximate surface area is 111 Å². The molecule has 2 aromatic rings. The lowest BCUT2D eigenvalue weighted by atomic mass is 10.1. The van der Waals surface area contributed by atoms with Crippen LogP contribution in [0.3, 0.4) is 0 Å². The first-order chi connectivity index (χ1) is 9.13. The van der Waals surface area contributed by atoms with Crippen molar-refractivity contribution in [2.45, 2.75) is 13.5 Å². The normalized spacial score (nSPS) is 10.2. The highest BCUT2D eigenvalue weighted by atomic mass is 16.5. The van der Waals surface area contributed by atoms with Crippen LogP contribution in [0, 0.1) is 6.92 Å². The molecule has 4 nitrogen and oxygen atoms in total. The van der Waals surface area contributed by atoms with Crippen molar-refractivity contribution >= 4 is 5.97 Å². The smallest absolute Gasteiger partial charge is 0.338 e. The van der Waals surface area contributed by atoms with Crippen molar-refractivity contribution in [3.63, 3.8) is 0 Å². The van der Waals surface area contributed by atoms with Gasteiger partial charge in [0.05, 0.1) is 19.2 Å². The number of carbonyl (C=O) groups excluding carboxylic acids is 1. The van der Waals surface area contributed by atoms with Gasteiger partial charge < -0.3 is 9.30 Å². The van der Waals surface area contributed by atoms with Gasteiger partial charge in [-0.05, 0) is 24.6 Å². The van der Waals surface area contributed by atoms with E-state index in [-0.39, 0.29) is 5.56 Å². The minimum Gasteiger partial charge on any atom is -0.465 e. The number of aryl methyl sites for hydroxylation is 1. The maximum absolute atomic E-state index is 11.8. The zero-order valence-electron chi connectivity index (χ0n) is 10.9. The van der Waals surface area contributed by atoms with E-state index in [2.05, 4.69) is 0 Å². The first-order valence-corrected chi connectivity index (χ1v) is 5.96. The Kier molecular flexibility index (Phi) is 3.80. The summed E-state index contributed by atoms with van der Waals surface area (Å²) in [6.45, 7) is 2.22. The molecule has 0 fully saturated rings. The molecule has 0 saturated heterocycles. The van der Waals surface area contributed by atoms with Crippen LogP contribution < -0.4 is 5.56 Å². The Morgan fingerprint density at radius 2 is 1.89 bits per heavy atom. The summed E-state index contributed by atoms with van der Waals surface area (Å²) in [6.07, 6.45) is 0. The first-order valence-electron chi connectivity index (χ1n) is 5.96. The third-order valence-electron chi connectivity index (χ3n) is 3.02. The molecule has 0 radical (unpaired) electrons. The van der Waals surface area contributed by atoms with Crippen molar-refractivity contribution in [2.75, 3.05) is 7.11 Å². The highest BCUT2D eigenvalue weighted by Gasteiger charge is 2.12. The molecule has 4 heteroatoms. The van der Waals surface area contributed by atoms with Gasteiger partial charge in [-0.1, -0.05) is 24.3 Å². The van der Waals surface area contributed by atoms with E-state index in [4.69, 9.17) is 4.74 Å². The first kappa shape index (κ1) is 13.1. The van der Waals surface area contributed by atoms with Crippen LogP contribution in [0.5, 0.6) is 0 Å². The highest BCUT2D eigenvalue weighted by Crippen LogP contribution is 2.12. The van der Waals surface area contributed by atoms with E-state index < -0.39 is 5.97 Å². The number of methoxy groups -OCH3 is 1. The number of pyridine rings is 1. The average Bonchev–Trinajstić information content (AvgIpc) is 2.42. The van der Waals surface area contributed by atoms with Crippen molar-refractivity contribution in [2.24, 2.45) is 0 Å². The Hall–Kier alpha value is -2.36. The van der Waals surface area contributed by atoms with Gasteiger partial charge in [-0.2, -0.15) is 0 Å². The largest absolute Gasteiger partial charge is 0.465 e. The lowest BCUT2D eigenvalue weighted by Crippen LogP contribution is -2.22. The summed E-state index contributed by atoms with van der Waals surface area (Å²) in [5.74, 6) is -0.391. The number of rotatable bonds is 3. The monoisotopic (exact) mass is 257 g/mol. The Bertz CT molecular complexity index is 658. The van der Waals surface area contributed by atoms with Crippen molar-refractivity contribution in [1.82, 2.24) is 4.57 Å². The summed E-state index contributed by atoms with van der Waals surface area (Å²) in [6, 6.07) is 12.2. The summed E-state index contributed by atoms with van der Waals surface area (Å²) < 4.78 is 6.38. The molecular weight excluding hydrogens is 242 g/mol. The third-order valence-corrected chi connectivity index (χ3v) is 3.02. The number of ether oxygens (including phenoxy) is 1. The second kappa shape index (κ2) is 5.52. The number of benzene rings is 1. The summed E-state index contributed by atoms with van der Waals surface area (Å²) in [7, 11) is 1.35. The van der Waals surface area contributed by atoms with E-state index in [1.807, 2.05) is 25.1 Å². The van der Waals surface area contributed by atoms with Crippen LogP contribution in [0.25, 0.3) is 0 Å². The second-order valence-corrected chi connectivity index (χ2v) is 4.24. The SMILES string of the molecule is COC(=O)c1ccccc1Cn1c(C)cccc1=O. The summed E-state index contributed by atoms with van der Waals surface area (Å²) in [4.78, 5) is 23.5. The van der Waals surface area contributed by atoms with Gasteiger partial charge in [-0.15, -0.1) is 0 Å². The minimum absolute atomic E-state index is 0.0836. The molecule has 0 saturated carbocycles. The van der Waals surface area contributed by atoms with Gasteiger partial charge in [-0.3, -0.25) is 4.79 Å². The van der Waals surface area contributed by atoms with E-state index >= 15 is 0 Å². The molecule has 1 aromatic carbocycles. The topological polar surface area (TPSA) is 48.3 Å². The Balaban J connectivity index is 2.45. The lowest BCUT2D eigenvalue weighted by Gasteiger charge is -2.12. The van der Waals surface area contributed by atoms with Crippen molar-refractivity contribution in [3.05, 3.63) is 69.6 Å². The minimum atomic E-state index is -0.391. The number of aromatic nitrogens is 1. The lowest BCUT2D eigenvalue weighted by molar-refractivity contribution is 0.0599. The summed E-state index contributed by atoms with van der Waals surface area (Å²) in [5.41, 5.74) is 2.03. The molecule has 1 heterocycles. The third kappa shape index (κ3) is 2.73. The van der Waals surface area contributed by atoms with E-state index in [0.717, 1.165) is 11.3 Å². The molecule has 0 spiro atoms. The number of carbonyl (C=O) groups is 1. The van der Waals surface area contributed by atoms with E-state index in [0.29, 0.717) is 12.1 Å². The molecule has 98 valence electrons. The maximum Gasteiger partial charge on any atom is 0.338 e. The zero-order valence-corrected chi connectivity index (χ0v) is 10.9. The Morgan fingerprint density at radius 3 is 2.58 bits per heavy atom. The molecular formula is C15H15NO3. The molecule has 1 aromatic heterocycles. The molecule has 2 rings (SSSR count). The molecule has 0 bridgehead atoms. The number of esters is 1. The van der Waals surface area contributed by atoms with E-state index in [1.54, 1.807) is 22.8 Å². The quantitative estimate of drug-likeness (QED) is 0.790. The van der Waals surface area contributed by atoms with Crippen molar-refractivity contribution in [3.8, 4) is 0 Å². The van der Waals surface area contributed by atoms with Crippen LogP contribution in [0.2, 0.25) is 0 Å². The fourth-order valence-corrected chi connectivity index (χ4v) is 1.96. The second-order valence-electron chi connectivity index (χ2n) is 4.24. The van der Waals surface area contributed by atoms with Crippen LogP contribution in [0.4, 0.5) is 0 Å². The van der Waals surface area contributed by atoms with Crippen LogP contribution in [-0.2, 0) is 11.3 Å². The zero-order chi connectivity index (χ0) is 13.8. The Morgan fingerprint density at radius 1 is 1.16 bits per heavy atom. The molecule has 0 aliphatic carbocycles. The van der Waals surface area contributed by atoms with Crippen LogP contribution in [0.15, 0.2) is 47.3 Å². The van der Waals surface area contributed by atoms with E-state index in [1.165, 1.54) is 13.2 Å². The summed E-state index contributed by atoms with van der Waals surface area (Å²) >= 11 is 0. The van der Waals surface area contributed by atoms with Gasteiger partial charge in [0, 0.05) is 11.8 Å². The highest BCUT2D eigenvalue weighted by molar-refractivity contribution is 5.90. The van der Waals surface area contributed by atoms with Gasteiger partial charge >= 0.3 is 5.97 Å². The predicted octanol–water partition coefficient (Wildman–Crippen LogP) is 1.99. The maximum atomic E-state index is 11.8. The van der Waals surface area contributed by atoms with E-state index in [9.17, 15) is 9.59 Å². The predicted molar refractivity (Wildman–Crippen MR) is 72.3 cm³/mol. The van der Waals surface area contributed by atoms with Crippen LogP contribution in [0.1, 0.15) is 21.6 Å². The van der Waals surface area contributed by atoms with Crippen LogP contribution >= 0.6 is 0 Å². The molecule has 0 unspecified atom stereocenters. The van der Waals surface area contributed by atoms with Gasteiger partial charge in [0.2, 0.25) is 0 Å². The van der Waals surface area contributed by atoms with Gasteiger partial charge in [-0.25, -0.2) is 4.79 Å². The van der Waals surface area contributed by atoms with Gasteiger partial charge in [0.25, 0.3) is 5.56 Å².